The van der Waals surface area contributed by atoms with Crippen LogP contribution in [0.25, 0.3) is 0 Å². The Balaban J connectivity index is 2.05. The van der Waals surface area contributed by atoms with E-state index in [2.05, 4.69) is 0 Å². The van der Waals surface area contributed by atoms with Gasteiger partial charge in [-0.05, 0) is 37.8 Å². The summed E-state index contributed by atoms with van der Waals surface area (Å²) in [7, 11) is 0. The number of rotatable bonds is 2. The van der Waals surface area contributed by atoms with Crippen molar-refractivity contribution < 1.29 is 9.13 Å². The number of hydrogen-bond donors (Lipinski definition) is 0. The first kappa shape index (κ1) is 9.78. The molecule has 2 rings (SSSR count). The molecule has 0 radical (unpaired) electrons. The second kappa shape index (κ2) is 4.18. The lowest BCUT2D eigenvalue weighted by Gasteiger charge is -2.12. The van der Waals surface area contributed by atoms with Gasteiger partial charge in [0.1, 0.15) is 11.6 Å². The van der Waals surface area contributed by atoms with Crippen LogP contribution in [0, 0.1) is 5.82 Å². The topological polar surface area (TPSA) is 9.23 Å². The average molecular weight is 215 g/mol. The van der Waals surface area contributed by atoms with E-state index in [1.54, 1.807) is 6.07 Å². The lowest BCUT2D eigenvalue weighted by atomic mass is 10.3. The van der Waals surface area contributed by atoms with E-state index in [0.717, 1.165) is 12.8 Å². The molecule has 1 nitrogen and oxygen atoms in total. The Labute approximate surface area is 87.8 Å². The summed E-state index contributed by atoms with van der Waals surface area (Å²) in [6, 6.07) is 4.59. The minimum absolute atomic E-state index is 0.142. The van der Waals surface area contributed by atoms with Crippen molar-refractivity contribution in [2.75, 3.05) is 0 Å². The third-order valence-electron chi connectivity index (χ3n) is 2.50. The maximum absolute atomic E-state index is 13.0. The van der Waals surface area contributed by atoms with Gasteiger partial charge in [-0.3, -0.25) is 0 Å². The molecule has 1 fully saturated rings. The number of hydrogen-bond acceptors (Lipinski definition) is 1. The van der Waals surface area contributed by atoms with E-state index in [0.29, 0.717) is 5.75 Å². The Hall–Kier alpha value is -0.760. The van der Waals surface area contributed by atoms with Crippen LogP contribution < -0.4 is 4.74 Å². The molecular formula is C11H12ClFO. The van der Waals surface area contributed by atoms with Crippen LogP contribution in [0.15, 0.2) is 18.2 Å². The predicted octanol–water partition coefficient (Wildman–Crippen LogP) is 3.80. The van der Waals surface area contributed by atoms with Crippen LogP contribution in [0.3, 0.4) is 0 Å². The highest BCUT2D eigenvalue weighted by Gasteiger charge is 2.16. The Morgan fingerprint density at radius 3 is 2.64 bits per heavy atom. The van der Waals surface area contributed by atoms with Gasteiger partial charge in [-0.25, -0.2) is 4.39 Å². The number of halogens is 2. The zero-order valence-electron chi connectivity index (χ0n) is 7.80. The summed E-state index contributed by atoms with van der Waals surface area (Å²) in [6.45, 7) is 0. The first-order valence-corrected chi connectivity index (χ1v) is 5.25. The summed E-state index contributed by atoms with van der Waals surface area (Å²) in [4.78, 5) is 0. The van der Waals surface area contributed by atoms with E-state index >= 15 is 0 Å². The molecular weight excluding hydrogens is 203 g/mol. The molecule has 14 heavy (non-hydrogen) atoms. The average Bonchev–Trinajstić information content (AvgIpc) is 2.64. The standard InChI is InChI=1S/C11H12ClFO/c12-10-6-5-9(7-11(10)13)14-8-3-1-2-4-8/h5-8H,1-4H2. The summed E-state index contributed by atoms with van der Waals surface area (Å²) in [5, 5.41) is 0.142. The lowest BCUT2D eigenvalue weighted by molar-refractivity contribution is 0.209. The summed E-state index contributed by atoms with van der Waals surface area (Å²) in [6.07, 6.45) is 4.83. The molecule has 0 spiro atoms. The Kier molecular flexibility index (Phi) is 2.92. The van der Waals surface area contributed by atoms with Crippen LogP contribution in [0.2, 0.25) is 5.02 Å². The highest BCUT2D eigenvalue weighted by molar-refractivity contribution is 6.30. The molecule has 1 saturated carbocycles. The van der Waals surface area contributed by atoms with Crippen molar-refractivity contribution in [1.29, 1.82) is 0 Å². The second-order valence-electron chi connectivity index (χ2n) is 3.60. The molecule has 3 heteroatoms. The zero-order valence-corrected chi connectivity index (χ0v) is 8.56. The summed E-state index contributed by atoms with van der Waals surface area (Å²) < 4.78 is 18.7. The van der Waals surface area contributed by atoms with E-state index in [4.69, 9.17) is 16.3 Å². The van der Waals surface area contributed by atoms with Crippen LogP contribution in [-0.2, 0) is 0 Å². The van der Waals surface area contributed by atoms with Crippen molar-refractivity contribution >= 4 is 11.6 Å². The maximum Gasteiger partial charge on any atom is 0.145 e. The van der Waals surface area contributed by atoms with Crippen LogP contribution in [0.1, 0.15) is 25.7 Å². The number of benzene rings is 1. The van der Waals surface area contributed by atoms with Crippen LogP contribution in [0.5, 0.6) is 5.75 Å². The largest absolute Gasteiger partial charge is 0.490 e. The Bertz CT molecular complexity index is 321. The zero-order chi connectivity index (χ0) is 9.97. The minimum atomic E-state index is -0.415. The van der Waals surface area contributed by atoms with Crippen LogP contribution in [0.4, 0.5) is 4.39 Å². The molecule has 0 aromatic heterocycles. The fraction of sp³-hybridized carbons (Fsp3) is 0.455. The van der Waals surface area contributed by atoms with Gasteiger partial charge in [0.25, 0.3) is 0 Å². The van der Waals surface area contributed by atoms with Gasteiger partial charge in [-0.2, -0.15) is 0 Å². The van der Waals surface area contributed by atoms with Crippen molar-refractivity contribution in [2.45, 2.75) is 31.8 Å². The molecule has 1 aliphatic rings. The second-order valence-corrected chi connectivity index (χ2v) is 4.01. The molecule has 0 unspecified atom stereocenters. The van der Waals surface area contributed by atoms with E-state index in [1.807, 2.05) is 0 Å². The normalized spacial score (nSPS) is 17.3. The van der Waals surface area contributed by atoms with Crippen molar-refractivity contribution in [3.8, 4) is 5.75 Å². The molecule has 0 heterocycles. The summed E-state index contributed by atoms with van der Waals surface area (Å²) >= 11 is 5.57. The van der Waals surface area contributed by atoms with Gasteiger partial charge in [0.15, 0.2) is 0 Å². The van der Waals surface area contributed by atoms with Gasteiger partial charge in [-0.1, -0.05) is 11.6 Å². The summed E-state index contributed by atoms with van der Waals surface area (Å²) in [5.41, 5.74) is 0. The van der Waals surface area contributed by atoms with Gasteiger partial charge in [0.05, 0.1) is 11.1 Å². The highest BCUT2D eigenvalue weighted by atomic mass is 35.5. The van der Waals surface area contributed by atoms with Crippen molar-refractivity contribution in [3.05, 3.63) is 29.0 Å². The molecule has 0 saturated heterocycles. The van der Waals surface area contributed by atoms with E-state index in [-0.39, 0.29) is 11.1 Å². The predicted molar refractivity (Wildman–Crippen MR) is 54.3 cm³/mol. The number of ether oxygens (including phenoxy) is 1. The molecule has 76 valence electrons. The van der Waals surface area contributed by atoms with Crippen molar-refractivity contribution in [3.63, 3.8) is 0 Å². The van der Waals surface area contributed by atoms with Gasteiger partial charge in [0.2, 0.25) is 0 Å². The van der Waals surface area contributed by atoms with Crippen LogP contribution >= 0.6 is 11.6 Å². The molecule has 1 aromatic rings. The Morgan fingerprint density at radius 2 is 2.00 bits per heavy atom. The fourth-order valence-corrected chi connectivity index (χ4v) is 1.87. The first-order valence-electron chi connectivity index (χ1n) is 4.87. The molecule has 0 atom stereocenters. The molecule has 1 aromatic carbocycles. The lowest BCUT2D eigenvalue weighted by Crippen LogP contribution is -2.10. The molecule has 0 bridgehead atoms. The molecule has 0 amide bonds. The highest BCUT2D eigenvalue weighted by Crippen LogP contribution is 2.26. The third-order valence-corrected chi connectivity index (χ3v) is 2.80. The van der Waals surface area contributed by atoms with E-state index in [9.17, 15) is 4.39 Å². The Morgan fingerprint density at radius 1 is 1.29 bits per heavy atom. The fourth-order valence-electron chi connectivity index (χ4n) is 1.75. The quantitative estimate of drug-likeness (QED) is 0.728. The van der Waals surface area contributed by atoms with Crippen molar-refractivity contribution in [1.82, 2.24) is 0 Å². The molecule has 1 aliphatic carbocycles. The van der Waals surface area contributed by atoms with E-state index < -0.39 is 5.82 Å². The smallest absolute Gasteiger partial charge is 0.145 e. The molecule has 0 aliphatic heterocycles. The SMILES string of the molecule is Fc1cc(OC2CCCC2)ccc1Cl. The maximum atomic E-state index is 13.0. The monoisotopic (exact) mass is 214 g/mol. The van der Waals surface area contributed by atoms with Gasteiger partial charge in [-0.15, -0.1) is 0 Å². The molecule has 0 N–H and O–H groups in total. The summed E-state index contributed by atoms with van der Waals surface area (Å²) in [5.74, 6) is 0.168. The van der Waals surface area contributed by atoms with E-state index in [1.165, 1.54) is 25.0 Å². The van der Waals surface area contributed by atoms with Gasteiger partial charge in [0, 0.05) is 6.07 Å². The van der Waals surface area contributed by atoms with Gasteiger partial charge >= 0.3 is 0 Å². The first-order chi connectivity index (χ1) is 6.75. The van der Waals surface area contributed by atoms with Crippen LogP contribution in [-0.4, -0.2) is 6.10 Å². The third kappa shape index (κ3) is 2.18. The van der Waals surface area contributed by atoms with Crippen molar-refractivity contribution in [2.24, 2.45) is 0 Å². The minimum Gasteiger partial charge on any atom is -0.490 e. The van der Waals surface area contributed by atoms with Gasteiger partial charge < -0.3 is 4.74 Å².